The smallest absolute Gasteiger partial charge is 0.337 e. The molecule has 3 heteroatoms. The quantitative estimate of drug-likeness (QED) is 0.530. The standard InChI is InChI=1S/C11H12O3/c1-7-5-8(11(12)13-2)3-4-9(7)10-6-14-10/h3-5,10H,6H2,1-2H3/t10-/m0/s1. The lowest BCUT2D eigenvalue weighted by molar-refractivity contribution is 0.0600. The van der Waals surface area contributed by atoms with E-state index in [1.54, 1.807) is 6.07 Å². The highest BCUT2D eigenvalue weighted by Crippen LogP contribution is 2.32. The molecule has 1 aromatic rings. The Morgan fingerprint density at radius 1 is 1.57 bits per heavy atom. The number of hydrogen-bond donors (Lipinski definition) is 0. The first-order chi connectivity index (χ1) is 6.72. The molecule has 0 aliphatic carbocycles. The molecule has 0 bridgehead atoms. The molecular formula is C11H12O3. The number of epoxide rings is 1. The summed E-state index contributed by atoms with van der Waals surface area (Å²) in [6.45, 7) is 2.77. The second kappa shape index (κ2) is 3.42. The number of carbonyl (C=O) groups excluding carboxylic acids is 1. The van der Waals surface area contributed by atoms with E-state index in [9.17, 15) is 4.79 Å². The van der Waals surface area contributed by atoms with Gasteiger partial charge in [0, 0.05) is 0 Å². The number of ether oxygens (including phenoxy) is 2. The molecule has 1 aromatic carbocycles. The van der Waals surface area contributed by atoms with Crippen LogP contribution in [0.25, 0.3) is 0 Å². The Balaban J connectivity index is 2.30. The van der Waals surface area contributed by atoms with Gasteiger partial charge in [-0.25, -0.2) is 4.79 Å². The summed E-state index contributed by atoms with van der Waals surface area (Å²) >= 11 is 0. The van der Waals surface area contributed by atoms with Gasteiger partial charge in [0.1, 0.15) is 6.10 Å². The monoisotopic (exact) mass is 192 g/mol. The maximum Gasteiger partial charge on any atom is 0.337 e. The summed E-state index contributed by atoms with van der Waals surface area (Å²) in [6, 6.07) is 5.54. The van der Waals surface area contributed by atoms with Gasteiger partial charge in [0.2, 0.25) is 0 Å². The molecule has 0 N–H and O–H groups in total. The van der Waals surface area contributed by atoms with Gasteiger partial charge >= 0.3 is 5.97 Å². The van der Waals surface area contributed by atoms with Crippen molar-refractivity contribution in [2.24, 2.45) is 0 Å². The fourth-order valence-corrected chi connectivity index (χ4v) is 1.51. The van der Waals surface area contributed by atoms with E-state index in [4.69, 9.17) is 4.74 Å². The maximum absolute atomic E-state index is 11.2. The van der Waals surface area contributed by atoms with Crippen molar-refractivity contribution >= 4 is 5.97 Å². The maximum atomic E-state index is 11.2. The van der Waals surface area contributed by atoms with Crippen molar-refractivity contribution in [2.75, 3.05) is 13.7 Å². The van der Waals surface area contributed by atoms with Gasteiger partial charge in [0.25, 0.3) is 0 Å². The third kappa shape index (κ3) is 1.63. The molecule has 14 heavy (non-hydrogen) atoms. The predicted octanol–water partition coefficient (Wildman–Crippen LogP) is 1.85. The Bertz CT molecular complexity index is 367. The first-order valence-corrected chi connectivity index (χ1v) is 4.53. The van der Waals surface area contributed by atoms with Crippen molar-refractivity contribution in [1.29, 1.82) is 0 Å². The van der Waals surface area contributed by atoms with E-state index in [1.807, 2.05) is 19.1 Å². The first kappa shape index (κ1) is 9.21. The summed E-state index contributed by atoms with van der Waals surface area (Å²) in [5, 5.41) is 0. The van der Waals surface area contributed by atoms with Gasteiger partial charge in [-0.2, -0.15) is 0 Å². The van der Waals surface area contributed by atoms with E-state index in [2.05, 4.69) is 4.74 Å². The van der Waals surface area contributed by atoms with Crippen molar-refractivity contribution in [3.8, 4) is 0 Å². The highest BCUT2D eigenvalue weighted by molar-refractivity contribution is 5.89. The first-order valence-electron chi connectivity index (χ1n) is 4.53. The highest BCUT2D eigenvalue weighted by atomic mass is 16.6. The van der Waals surface area contributed by atoms with E-state index in [1.165, 1.54) is 7.11 Å². The van der Waals surface area contributed by atoms with Crippen molar-refractivity contribution in [2.45, 2.75) is 13.0 Å². The summed E-state index contributed by atoms with van der Waals surface area (Å²) < 4.78 is 9.82. The van der Waals surface area contributed by atoms with E-state index < -0.39 is 0 Å². The minimum Gasteiger partial charge on any atom is -0.465 e. The molecule has 0 unspecified atom stereocenters. The van der Waals surface area contributed by atoms with E-state index in [0.717, 1.165) is 17.7 Å². The number of carbonyl (C=O) groups is 1. The van der Waals surface area contributed by atoms with Crippen LogP contribution < -0.4 is 0 Å². The van der Waals surface area contributed by atoms with Crippen molar-refractivity contribution in [3.63, 3.8) is 0 Å². The number of hydrogen-bond acceptors (Lipinski definition) is 3. The zero-order valence-corrected chi connectivity index (χ0v) is 8.24. The molecule has 1 fully saturated rings. The molecule has 1 saturated heterocycles. The van der Waals surface area contributed by atoms with Crippen LogP contribution in [0.3, 0.4) is 0 Å². The van der Waals surface area contributed by atoms with Crippen LogP contribution in [-0.4, -0.2) is 19.7 Å². The summed E-state index contributed by atoms with van der Waals surface area (Å²) in [5.74, 6) is -0.295. The van der Waals surface area contributed by atoms with Crippen LogP contribution in [0, 0.1) is 6.92 Å². The summed E-state index contributed by atoms with van der Waals surface area (Å²) in [6.07, 6.45) is 0.238. The van der Waals surface area contributed by atoms with Crippen LogP contribution >= 0.6 is 0 Å². The van der Waals surface area contributed by atoms with E-state index in [-0.39, 0.29) is 12.1 Å². The minimum absolute atomic E-state index is 0.238. The lowest BCUT2D eigenvalue weighted by Gasteiger charge is -2.04. The van der Waals surface area contributed by atoms with E-state index >= 15 is 0 Å². The zero-order chi connectivity index (χ0) is 10.1. The molecule has 1 atom stereocenters. The average Bonchev–Trinajstić information content (AvgIpc) is 3.00. The van der Waals surface area contributed by atoms with Crippen LogP contribution in [0.4, 0.5) is 0 Å². The number of rotatable bonds is 2. The molecule has 3 nitrogen and oxygen atoms in total. The molecule has 2 rings (SSSR count). The van der Waals surface area contributed by atoms with E-state index in [0.29, 0.717) is 5.56 Å². The fraction of sp³-hybridized carbons (Fsp3) is 0.364. The van der Waals surface area contributed by atoms with Crippen LogP contribution in [0.15, 0.2) is 18.2 Å². The Morgan fingerprint density at radius 3 is 2.79 bits per heavy atom. The Kier molecular flexibility index (Phi) is 2.25. The van der Waals surface area contributed by atoms with Crippen molar-refractivity contribution in [1.82, 2.24) is 0 Å². The molecule has 1 aliphatic heterocycles. The molecule has 0 amide bonds. The highest BCUT2D eigenvalue weighted by Gasteiger charge is 2.26. The van der Waals surface area contributed by atoms with Gasteiger partial charge < -0.3 is 9.47 Å². The number of methoxy groups -OCH3 is 1. The molecule has 0 spiro atoms. The van der Waals surface area contributed by atoms with Crippen LogP contribution in [0.1, 0.15) is 27.6 Å². The average molecular weight is 192 g/mol. The number of benzene rings is 1. The van der Waals surface area contributed by atoms with Gasteiger partial charge in [-0.1, -0.05) is 6.07 Å². The minimum atomic E-state index is -0.295. The predicted molar refractivity (Wildman–Crippen MR) is 51.2 cm³/mol. The number of aryl methyl sites for hydroxylation is 1. The summed E-state index contributed by atoms with van der Waals surface area (Å²) in [4.78, 5) is 11.2. The third-order valence-electron chi connectivity index (χ3n) is 2.37. The van der Waals surface area contributed by atoms with Gasteiger partial charge in [-0.05, 0) is 30.2 Å². The Hall–Kier alpha value is -1.35. The van der Waals surface area contributed by atoms with Crippen LogP contribution in [-0.2, 0) is 9.47 Å². The SMILES string of the molecule is COC(=O)c1ccc([C@@H]2CO2)c(C)c1. The molecule has 0 radical (unpaired) electrons. The van der Waals surface area contributed by atoms with Gasteiger partial charge in [-0.15, -0.1) is 0 Å². The second-order valence-corrected chi connectivity index (χ2v) is 3.38. The topological polar surface area (TPSA) is 38.8 Å². The zero-order valence-electron chi connectivity index (χ0n) is 8.24. The van der Waals surface area contributed by atoms with Gasteiger partial charge in [0.05, 0.1) is 19.3 Å². The van der Waals surface area contributed by atoms with Crippen LogP contribution in [0.2, 0.25) is 0 Å². The third-order valence-corrected chi connectivity index (χ3v) is 2.37. The molecule has 1 heterocycles. The summed E-state index contributed by atoms with van der Waals surface area (Å²) in [5.41, 5.74) is 2.84. The Morgan fingerprint density at radius 2 is 2.29 bits per heavy atom. The lowest BCUT2D eigenvalue weighted by atomic mass is 10.0. The van der Waals surface area contributed by atoms with Gasteiger partial charge in [-0.3, -0.25) is 0 Å². The molecule has 74 valence electrons. The van der Waals surface area contributed by atoms with Crippen molar-refractivity contribution in [3.05, 3.63) is 34.9 Å². The van der Waals surface area contributed by atoms with Crippen LogP contribution in [0.5, 0.6) is 0 Å². The fourth-order valence-electron chi connectivity index (χ4n) is 1.51. The number of esters is 1. The normalized spacial score (nSPS) is 19.1. The van der Waals surface area contributed by atoms with Crippen molar-refractivity contribution < 1.29 is 14.3 Å². The lowest BCUT2D eigenvalue weighted by Crippen LogP contribution is -2.02. The largest absolute Gasteiger partial charge is 0.465 e. The Labute approximate surface area is 82.6 Å². The second-order valence-electron chi connectivity index (χ2n) is 3.38. The van der Waals surface area contributed by atoms with Gasteiger partial charge in [0.15, 0.2) is 0 Å². The molecule has 0 aromatic heterocycles. The summed E-state index contributed by atoms with van der Waals surface area (Å²) in [7, 11) is 1.38. The molecular weight excluding hydrogens is 180 g/mol. The molecule has 0 saturated carbocycles. The molecule has 1 aliphatic rings.